The van der Waals surface area contributed by atoms with E-state index in [2.05, 4.69) is 19.7 Å². The van der Waals surface area contributed by atoms with Crippen LogP contribution in [0.5, 0.6) is 0 Å². The molecule has 4 unspecified atom stereocenters. The molecule has 6 atom stereocenters. The molecule has 6 N–H and O–H groups in total. The van der Waals surface area contributed by atoms with Crippen LogP contribution in [0.2, 0.25) is 0 Å². The number of carboxylic acid groups (broad SMARTS) is 1. The zero-order valence-electron chi connectivity index (χ0n) is 19.1. The minimum atomic E-state index is -2.37. The van der Waals surface area contributed by atoms with Crippen molar-refractivity contribution in [3.8, 4) is 0 Å². The van der Waals surface area contributed by atoms with Crippen molar-refractivity contribution in [2.24, 2.45) is 16.5 Å². The van der Waals surface area contributed by atoms with Crippen LogP contribution in [0.4, 0.5) is 5.82 Å². The fraction of sp³-hybridized carbons (Fsp3) is 0.667. The molecule has 0 bridgehead atoms. The van der Waals surface area contributed by atoms with Crippen LogP contribution < -0.4 is 11.5 Å². The molecule has 19 heteroatoms. The molecule has 0 aromatic carbocycles. The zero-order valence-corrected chi connectivity index (χ0v) is 19.1. The lowest BCUT2D eigenvalue weighted by Crippen LogP contribution is -2.61. The van der Waals surface area contributed by atoms with E-state index in [0.717, 1.165) is 30.2 Å². The van der Waals surface area contributed by atoms with Gasteiger partial charge >= 0.3 is 5.97 Å². The SMILES string of the molecule is NC(=O)C1(N2C=Nc3c(ncn3[C@@H]3O[C@H](C(O)C(=O)O)C(O[N+](=O)[O-])C3O[N+](=O)[O-])C2N)CCCCC1. The van der Waals surface area contributed by atoms with E-state index >= 15 is 0 Å². The molecule has 1 saturated heterocycles. The number of amides is 1. The Balaban J connectivity index is 1.72. The van der Waals surface area contributed by atoms with Crippen molar-refractivity contribution in [3.63, 3.8) is 0 Å². The first-order valence-corrected chi connectivity index (χ1v) is 11.1. The first-order chi connectivity index (χ1) is 17.5. The van der Waals surface area contributed by atoms with Crippen LogP contribution in [0.3, 0.4) is 0 Å². The molecule has 0 spiro atoms. The van der Waals surface area contributed by atoms with Crippen molar-refractivity contribution < 1.29 is 44.4 Å². The van der Waals surface area contributed by atoms with Crippen LogP contribution in [0.1, 0.15) is 50.2 Å². The highest BCUT2D eigenvalue weighted by atomic mass is 17.0. The third-order valence-corrected chi connectivity index (χ3v) is 6.79. The van der Waals surface area contributed by atoms with Crippen molar-refractivity contribution in [2.75, 3.05) is 0 Å². The molecular weight excluding hydrogens is 504 g/mol. The molecule has 19 nitrogen and oxygen atoms in total. The molecule has 1 saturated carbocycles. The second-order valence-electron chi connectivity index (χ2n) is 8.78. The second-order valence-corrected chi connectivity index (χ2v) is 8.78. The smallest absolute Gasteiger partial charge is 0.335 e. The third-order valence-electron chi connectivity index (χ3n) is 6.79. The van der Waals surface area contributed by atoms with Gasteiger partial charge in [-0.15, -0.1) is 20.2 Å². The Morgan fingerprint density at radius 3 is 2.38 bits per heavy atom. The average Bonchev–Trinajstić information content (AvgIpc) is 3.40. The molecule has 4 rings (SSSR count). The number of carbonyl (C=O) groups is 2. The molecule has 1 aromatic heterocycles. The Hall–Kier alpha value is -4.10. The van der Waals surface area contributed by atoms with E-state index in [9.17, 15) is 40.0 Å². The molecule has 1 amide bonds. The van der Waals surface area contributed by atoms with E-state index in [1.165, 1.54) is 11.2 Å². The maximum atomic E-state index is 12.5. The van der Waals surface area contributed by atoms with Crippen molar-refractivity contribution in [2.45, 2.75) is 74.5 Å². The van der Waals surface area contributed by atoms with E-state index in [0.29, 0.717) is 12.8 Å². The maximum Gasteiger partial charge on any atom is 0.335 e. The van der Waals surface area contributed by atoms with Crippen LogP contribution in [0.15, 0.2) is 11.3 Å². The largest absolute Gasteiger partial charge is 0.479 e. The molecule has 2 aliphatic heterocycles. The van der Waals surface area contributed by atoms with Crippen molar-refractivity contribution in [1.82, 2.24) is 14.5 Å². The summed E-state index contributed by atoms with van der Waals surface area (Å²) in [5.74, 6) is -2.41. The topological polar surface area (TPSA) is 274 Å². The predicted octanol–water partition coefficient (Wildman–Crippen LogP) is -1.50. The highest BCUT2D eigenvalue weighted by molar-refractivity contribution is 5.88. The number of aromatic nitrogens is 2. The number of carbonyl (C=O) groups excluding carboxylic acids is 1. The second kappa shape index (κ2) is 9.75. The molecule has 0 radical (unpaired) electrons. The first-order valence-electron chi connectivity index (χ1n) is 11.1. The summed E-state index contributed by atoms with van der Waals surface area (Å²) in [5, 5.41) is 38.8. The number of nitrogens with zero attached hydrogens (tertiary/aromatic N) is 6. The lowest BCUT2D eigenvalue weighted by atomic mass is 9.79. The summed E-state index contributed by atoms with van der Waals surface area (Å²) in [5.41, 5.74) is 11.2. The Labute approximate surface area is 206 Å². The van der Waals surface area contributed by atoms with Crippen LogP contribution in [0, 0.1) is 20.2 Å². The van der Waals surface area contributed by atoms with E-state index in [4.69, 9.17) is 16.2 Å². The number of nitrogens with two attached hydrogens (primary N) is 2. The van der Waals surface area contributed by atoms with E-state index < -0.39 is 64.4 Å². The fourth-order valence-corrected chi connectivity index (χ4v) is 5.08. The molecule has 3 aliphatic rings. The quantitative estimate of drug-likeness (QED) is 0.210. The van der Waals surface area contributed by atoms with Gasteiger partial charge in [0.1, 0.15) is 23.5 Å². The number of fused-ring (bicyclic) bond motifs is 1. The van der Waals surface area contributed by atoms with Crippen LogP contribution in [-0.2, 0) is 24.0 Å². The Morgan fingerprint density at radius 1 is 1.19 bits per heavy atom. The van der Waals surface area contributed by atoms with Gasteiger partial charge in [-0.1, -0.05) is 19.3 Å². The van der Waals surface area contributed by atoms with Gasteiger partial charge in [-0.25, -0.2) is 14.8 Å². The number of ether oxygens (including phenoxy) is 1. The summed E-state index contributed by atoms with van der Waals surface area (Å²) in [6, 6.07) is 0. The summed E-state index contributed by atoms with van der Waals surface area (Å²) >= 11 is 0. The summed E-state index contributed by atoms with van der Waals surface area (Å²) < 4.78 is 6.57. The fourth-order valence-electron chi connectivity index (χ4n) is 5.08. The molecule has 3 heterocycles. The molecular formula is C18H24N8O11. The summed E-state index contributed by atoms with van der Waals surface area (Å²) in [7, 11) is 0. The van der Waals surface area contributed by atoms with Crippen molar-refractivity contribution >= 4 is 24.0 Å². The monoisotopic (exact) mass is 528 g/mol. The van der Waals surface area contributed by atoms with Gasteiger partial charge in [0.15, 0.2) is 30.4 Å². The number of primary amides is 1. The first kappa shape index (κ1) is 26.0. The number of imidazole rings is 1. The van der Waals surface area contributed by atoms with E-state index in [1.807, 2.05) is 0 Å². The van der Waals surface area contributed by atoms with E-state index in [1.54, 1.807) is 0 Å². The number of aliphatic carboxylic acids is 1. The van der Waals surface area contributed by atoms with Gasteiger partial charge in [-0.3, -0.25) is 9.36 Å². The minimum absolute atomic E-state index is 0.00792. The van der Waals surface area contributed by atoms with E-state index in [-0.39, 0.29) is 11.5 Å². The highest BCUT2D eigenvalue weighted by Gasteiger charge is 2.55. The predicted molar refractivity (Wildman–Crippen MR) is 115 cm³/mol. The van der Waals surface area contributed by atoms with Crippen molar-refractivity contribution in [3.05, 3.63) is 32.2 Å². The van der Waals surface area contributed by atoms with Gasteiger partial charge in [-0.2, -0.15) is 0 Å². The average molecular weight is 528 g/mol. The molecule has 202 valence electrons. The molecule has 1 aromatic rings. The van der Waals surface area contributed by atoms with Crippen LogP contribution >= 0.6 is 0 Å². The number of aliphatic hydroxyl groups excluding tert-OH is 1. The highest BCUT2D eigenvalue weighted by Crippen LogP contribution is 2.43. The number of rotatable bonds is 9. The Bertz CT molecular complexity index is 1120. The Morgan fingerprint density at radius 2 is 1.81 bits per heavy atom. The van der Waals surface area contributed by atoms with Gasteiger partial charge in [0.2, 0.25) is 5.91 Å². The minimum Gasteiger partial charge on any atom is -0.479 e. The molecule has 37 heavy (non-hydrogen) atoms. The maximum absolute atomic E-state index is 12.5. The van der Waals surface area contributed by atoms with Crippen molar-refractivity contribution in [1.29, 1.82) is 0 Å². The molecule has 2 fully saturated rings. The van der Waals surface area contributed by atoms with Gasteiger partial charge in [0.25, 0.3) is 10.2 Å². The summed E-state index contributed by atoms with van der Waals surface area (Å²) in [4.78, 5) is 65.0. The summed E-state index contributed by atoms with van der Waals surface area (Å²) in [6.45, 7) is 0. The number of hydrogen-bond donors (Lipinski definition) is 4. The zero-order chi connectivity index (χ0) is 27.1. The van der Waals surface area contributed by atoms with Crippen LogP contribution in [0.25, 0.3) is 0 Å². The lowest BCUT2D eigenvalue weighted by Gasteiger charge is -2.46. The van der Waals surface area contributed by atoms with Gasteiger partial charge < -0.3 is 41.0 Å². The molecule has 1 aliphatic carbocycles. The number of aliphatic hydroxyl groups is 1. The summed E-state index contributed by atoms with van der Waals surface area (Å²) in [6.07, 6.45) is -5.27. The van der Waals surface area contributed by atoms with Gasteiger partial charge in [0, 0.05) is 0 Å². The van der Waals surface area contributed by atoms with Gasteiger partial charge in [0.05, 0.1) is 12.7 Å². The number of carboxylic acids is 1. The number of hydrogen-bond acceptors (Lipinski definition) is 14. The normalized spacial score (nSPS) is 29.2. The Kier molecular flexibility index (Phi) is 6.84. The van der Waals surface area contributed by atoms with Gasteiger partial charge in [-0.05, 0) is 12.8 Å². The lowest BCUT2D eigenvalue weighted by molar-refractivity contribution is -0.798. The van der Waals surface area contributed by atoms with Crippen LogP contribution in [-0.4, -0.2) is 83.0 Å². The number of aliphatic imine (C=N–C) groups is 1. The third kappa shape index (κ3) is 4.47. The standard InChI is InChI=1S/C18H24N8O11/c19-13-8-14(22-7-24(13)18(17(20)30)4-2-1-3-5-18)23(6-21-8)15-12(37-26(33)34)11(36-25(31)32)10(35-15)9(27)16(28)29/h6-7,9-13,15,27H,1-5,19H2,(H2,20,30)(H,28,29)/t9?,10-,11?,12?,13?,15-/m1/s1.